The molecule has 0 heterocycles. The number of carbonyl (C=O) groups is 1. The van der Waals surface area contributed by atoms with E-state index in [4.69, 9.17) is 0 Å². The molecule has 4 aliphatic carbocycles. The fourth-order valence-corrected chi connectivity index (χ4v) is 6.56. The summed E-state index contributed by atoms with van der Waals surface area (Å²) >= 11 is 0. The maximum Gasteiger partial charge on any atom is 0.319 e. The van der Waals surface area contributed by atoms with Gasteiger partial charge in [0.25, 0.3) is 0 Å². The van der Waals surface area contributed by atoms with E-state index in [0.717, 1.165) is 25.2 Å². The predicted molar refractivity (Wildman–Crippen MR) is 88.7 cm³/mol. The molecule has 5 rings (SSSR count). The number of carbonyl (C=O) groups excluding carboxylic acids is 1. The van der Waals surface area contributed by atoms with Crippen LogP contribution in [0.5, 0.6) is 0 Å². The van der Waals surface area contributed by atoms with Crippen LogP contribution in [0.4, 0.5) is 14.9 Å². The SMILES string of the molecule is CC12CC3CC(C)(C1)CC(NC(=O)Nc1cccc(F)c1)(C3)C2. The molecule has 2 amide bonds. The van der Waals surface area contributed by atoms with Gasteiger partial charge in [-0.25, -0.2) is 9.18 Å². The lowest BCUT2D eigenvalue weighted by Gasteiger charge is -2.65. The summed E-state index contributed by atoms with van der Waals surface area (Å²) in [6, 6.07) is 5.85. The Kier molecular flexibility index (Phi) is 3.07. The number of amides is 2. The first-order chi connectivity index (χ1) is 10.8. The lowest BCUT2D eigenvalue weighted by molar-refractivity contribution is -0.113. The summed E-state index contributed by atoms with van der Waals surface area (Å²) in [5.74, 6) is 0.397. The van der Waals surface area contributed by atoms with Crippen molar-refractivity contribution in [2.75, 3.05) is 5.32 Å². The van der Waals surface area contributed by atoms with Gasteiger partial charge in [0.1, 0.15) is 5.82 Å². The summed E-state index contributed by atoms with van der Waals surface area (Å²) in [7, 11) is 0. The second-order valence-corrected chi connectivity index (χ2v) is 9.00. The van der Waals surface area contributed by atoms with Crippen LogP contribution < -0.4 is 10.6 Å². The van der Waals surface area contributed by atoms with Crippen molar-refractivity contribution in [2.45, 2.75) is 57.9 Å². The van der Waals surface area contributed by atoms with Gasteiger partial charge >= 0.3 is 6.03 Å². The van der Waals surface area contributed by atoms with Crippen LogP contribution in [0.1, 0.15) is 52.4 Å². The molecular weight excluding hydrogens is 291 g/mol. The summed E-state index contributed by atoms with van der Waals surface area (Å²) in [4.78, 5) is 12.5. The van der Waals surface area contributed by atoms with E-state index in [0.29, 0.717) is 16.5 Å². The first kappa shape index (κ1) is 15.0. The highest BCUT2D eigenvalue weighted by Crippen LogP contribution is 2.66. The zero-order valence-electron chi connectivity index (χ0n) is 13.9. The smallest absolute Gasteiger partial charge is 0.319 e. The molecule has 2 atom stereocenters. The van der Waals surface area contributed by atoms with Gasteiger partial charge in [-0.15, -0.1) is 0 Å². The number of anilines is 1. The Hall–Kier alpha value is -1.58. The third-order valence-electron chi connectivity index (χ3n) is 6.09. The lowest BCUT2D eigenvalue weighted by Crippen LogP contribution is -2.65. The average molecular weight is 316 g/mol. The first-order valence-corrected chi connectivity index (χ1v) is 8.62. The van der Waals surface area contributed by atoms with Crippen LogP contribution in [-0.4, -0.2) is 11.6 Å². The van der Waals surface area contributed by atoms with E-state index < -0.39 is 0 Å². The van der Waals surface area contributed by atoms with E-state index in [1.54, 1.807) is 12.1 Å². The number of rotatable bonds is 2. The van der Waals surface area contributed by atoms with Crippen molar-refractivity contribution in [1.82, 2.24) is 5.32 Å². The molecule has 4 saturated carbocycles. The third-order valence-corrected chi connectivity index (χ3v) is 6.09. The van der Waals surface area contributed by atoms with E-state index in [1.807, 2.05) is 0 Å². The minimum atomic E-state index is -0.336. The number of hydrogen-bond acceptors (Lipinski definition) is 1. The van der Waals surface area contributed by atoms with Crippen molar-refractivity contribution in [1.29, 1.82) is 0 Å². The second-order valence-electron chi connectivity index (χ2n) is 9.00. The summed E-state index contributed by atoms with van der Waals surface area (Å²) in [6.45, 7) is 4.77. The number of nitrogens with one attached hydrogen (secondary N) is 2. The number of urea groups is 1. The molecule has 2 N–H and O–H groups in total. The quantitative estimate of drug-likeness (QED) is 0.816. The highest BCUT2D eigenvalue weighted by Gasteiger charge is 2.60. The molecular formula is C19H25FN2O. The molecule has 0 aromatic heterocycles. The predicted octanol–water partition coefficient (Wildman–Crippen LogP) is 4.70. The highest BCUT2D eigenvalue weighted by molar-refractivity contribution is 5.89. The van der Waals surface area contributed by atoms with Gasteiger partial charge in [-0.1, -0.05) is 19.9 Å². The largest absolute Gasteiger partial charge is 0.332 e. The Balaban J connectivity index is 1.51. The summed E-state index contributed by atoms with van der Waals surface area (Å²) < 4.78 is 13.3. The first-order valence-electron chi connectivity index (χ1n) is 8.62. The third kappa shape index (κ3) is 2.73. The molecule has 3 nitrogen and oxygen atoms in total. The van der Waals surface area contributed by atoms with Gasteiger partial charge in [-0.05, 0) is 73.5 Å². The number of benzene rings is 1. The topological polar surface area (TPSA) is 41.1 Å². The van der Waals surface area contributed by atoms with Crippen LogP contribution in [-0.2, 0) is 0 Å². The van der Waals surface area contributed by atoms with Crippen LogP contribution in [0.25, 0.3) is 0 Å². The van der Waals surface area contributed by atoms with E-state index in [1.165, 1.54) is 31.4 Å². The van der Waals surface area contributed by atoms with Crippen molar-refractivity contribution in [3.05, 3.63) is 30.1 Å². The molecule has 0 spiro atoms. The molecule has 0 aliphatic heterocycles. The van der Waals surface area contributed by atoms with Crippen LogP contribution >= 0.6 is 0 Å². The molecule has 0 radical (unpaired) electrons. The van der Waals surface area contributed by atoms with Gasteiger partial charge in [-0.3, -0.25) is 0 Å². The van der Waals surface area contributed by atoms with Crippen molar-refractivity contribution < 1.29 is 9.18 Å². The van der Waals surface area contributed by atoms with Crippen LogP contribution in [0.15, 0.2) is 24.3 Å². The fraction of sp³-hybridized carbons (Fsp3) is 0.632. The van der Waals surface area contributed by atoms with Gasteiger partial charge < -0.3 is 10.6 Å². The summed E-state index contributed by atoms with van der Waals surface area (Å²) in [5.41, 5.74) is 1.14. The van der Waals surface area contributed by atoms with Crippen LogP contribution in [0.3, 0.4) is 0 Å². The molecule has 23 heavy (non-hydrogen) atoms. The molecule has 1 aromatic rings. The fourth-order valence-electron chi connectivity index (χ4n) is 6.56. The minimum absolute atomic E-state index is 0.0830. The highest BCUT2D eigenvalue weighted by atomic mass is 19.1. The normalized spacial score (nSPS) is 40.9. The number of halogens is 1. The molecule has 124 valence electrons. The Morgan fingerprint density at radius 1 is 1.13 bits per heavy atom. The van der Waals surface area contributed by atoms with E-state index >= 15 is 0 Å². The zero-order valence-corrected chi connectivity index (χ0v) is 13.9. The van der Waals surface area contributed by atoms with Crippen LogP contribution in [0.2, 0.25) is 0 Å². The van der Waals surface area contributed by atoms with Crippen molar-refractivity contribution in [2.24, 2.45) is 16.7 Å². The molecule has 4 bridgehead atoms. The zero-order chi connectivity index (χ0) is 16.3. The Bertz CT molecular complexity index is 641. The van der Waals surface area contributed by atoms with Crippen molar-refractivity contribution in [3.8, 4) is 0 Å². The Morgan fingerprint density at radius 3 is 2.43 bits per heavy atom. The molecule has 4 heteroatoms. The molecule has 1 aromatic carbocycles. The van der Waals surface area contributed by atoms with Crippen molar-refractivity contribution >= 4 is 11.7 Å². The molecule has 2 unspecified atom stereocenters. The van der Waals surface area contributed by atoms with Gasteiger partial charge in [0.05, 0.1) is 0 Å². The summed E-state index contributed by atoms with van der Waals surface area (Å²) in [6.07, 6.45) is 7.13. The van der Waals surface area contributed by atoms with E-state index in [2.05, 4.69) is 24.5 Å². The minimum Gasteiger partial charge on any atom is -0.332 e. The molecule has 0 saturated heterocycles. The van der Waals surface area contributed by atoms with Gasteiger partial charge in [0.2, 0.25) is 0 Å². The average Bonchev–Trinajstić information content (AvgIpc) is 2.32. The maximum absolute atomic E-state index is 13.3. The van der Waals surface area contributed by atoms with Crippen LogP contribution in [0, 0.1) is 22.6 Å². The summed E-state index contributed by atoms with van der Waals surface area (Å²) in [5, 5.41) is 6.06. The van der Waals surface area contributed by atoms with Gasteiger partial charge in [-0.2, -0.15) is 0 Å². The Labute approximate surface area is 137 Å². The standard InChI is InChI=1S/C19H25FN2O/c1-17-7-13-8-18(2,10-17)12-19(9-13,11-17)22-16(23)21-15-5-3-4-14(20)6-15/h3-6,13H,7-12H2,1-2H3,(H2,21,22,23). The molecule has 4 aliphatic rings. The lowest BCUT2D eigenvalue weighted by atomic mass is 9.43. The Morgan fingerprint density at radius 2 is 1.83 bits per heavy atom. The van der Waals surface area contributed by atoms with Gasteiger partial charge in [0.15, 0.2) is 0 Å². The molecule has 4 fully saturated rings. The monoisotopic (exact) mass is 316 g/mol. The maximum atomic E-state index is 13.3. The van der Waals surface area contributed by atoms with E-state index in [-0.39, 0.29) is 17.4 Å². The van der Waals surface area contributed by atoms with E-state index in [9.17, 15) is 9.18 Å². The van der Waals surface area contributed by atoms with Gasteiger partial charge in [0, 0.05) is 11.2 Å². The second kappa shape index (κ2) is 4.71. The number of hydrogen-bond donors (Lipinski definition) is 2. The van der Waals surface area contributed by atoms with Crippen molar-refractivity contribution in [3.63, 3.8) is 0 Å².